The van der Waals surface area contributed by atoms with Crippen LogP contribution in [0.25, 0.3) is 22.3 Å². The van der Waals surface area contributed by atoms with Crippen molar-refractivity contribution in [1.82, 2.24) is 15.0 Å². The zero-order chi connectivity index (χ0) is 12.5. The summed E-state index contributed by atoms with van der Waals surface area (Å²) in [5.41, 5.74) is 2.85. The van der Waals surface area contributed by atoms with Gasteiger partial charge in [-0.05, 0) is 31.2 Å². The number of hydrogen-bond donors (Lipinski definition) is 0. The van der Waals surface area contributed by atoms with Crippen LogP contribution in [0.15, 0.2) is 42.7 Å². The van der Waals surface area contributed by atoms with Crippen LogP contribution in [-0.4, -0.2) is 15.0 Å². The molecule has 0 bridgehead atoms. The second-order valence-electron chi connectivity index (χ2n) is 4.10. The van der Waals surface area contributed by atoms with E-state index in [4.69, 9.17) is 11.6 Å². The highest BCUT2D eigenvalue weighted by atomic mass is 35.5. The van der Waals surface area contributed by atoms with Crippen molar-refractivity contribution < 1.29 is 0 Å². The second-order valence-corrected chi connectivity index (χ2v) is 4.46. The van der Waals surface area contributed by atoms with E-state index in [0.717, 1.165) is 22.0 Å². The van der Waals surface area contributed by atoms with E-state index in [1.54, 1.807) is 12.4 Å². The van der Waals surface area contributed by atoms with Crippen LogP contribution in [0, 0.1) is 6.92 Å². The van der Waals surface area contributed by atoms with Crippen molar-refractivity contribution in [3.63, 3.8) is 0 Å². The first-order valence-electron chi connectivity index (χ1n) is 5.58. The van der Waals surface area contributed by atoms with Gasteiger partial charge in [0.2, 0.25) is 0 Å². The maximum Gasteiger partial charge on any atom is 0.163 e. The predicted octanol–water partition coefficient (Wildman–Crippen LogP) is 4.08. The Morgan fingerprint density at radius 3 is 2.68 bits per heavy atom. The van der Waals surface area contributed by atoms with Crippen molar-refractivity contribution in [2.75, 3.05) is 0 Å². The fraction of sp³-hybridized carbons (Fsp3) is 0.0714. The van der Waals surface area contributed by atoms with Crippen LogP contribution in [0.5, 0.6) is 0 Å². The number of benzene rings is 1. The summed E-state index contributed by atoms with van der Waals surface area (Å²) in [7, 11) is 0. The summed E-state index contributed by atoms with van der Waals surface area (Å²) >= 11 is 6.21. The summed E-state index contributed by atoms with van der Waals surface area (Å²) in [6, 6.07) is 9.73. The molecule has 0 aliphatic heterocycles. The SMILES string of the molecule is Cc1ccc2nc(-c3cccnc3)nc(Cl)c2c1.Cl. The number of rotatable bonds is 1. The highest BCUT2D eigenvalue weighted by molar-refractivity contribution is 6.34. The molecule has 0 radical (unpaired) electrons. The number of halogens is 2. The van der Waals surface area contributed by atoms with Crippen molar-refractivity contribution in [3.8, 4) is 11.4 Å². The normalized spacial score (nSPS) is 10.2. The fourth-order valence-electron chi connectivity index (χ4n) is 1.83. The number of aryl methyl sites for hydroxylation is 1. The van der Waals surface area contributed by atoms with Crippen molar-refractivity contribution in [3.05, 3.63) is 53.4 Å². The topological polar surface area (TPSA) is 38.7 Å². The van der Waals surface area contributed by atoms with Crippen molar-refractivity contribution in [1.29, 1.82) is 0 Å². The first kappa shape index (κ1) is 13.7. The first-order chi connectivity index (χ1) is 8.74. The molecule has 5 heteroatoms. The molecule has 0 fully saturated rings. The number of pyridine rings is 1. The average Bonchev–Trinajstić information content (AvgIpc) is 2.40. The van der Waals surface area contributed by atoms with Gasteiger partial charge in [0.05, 0.1) is 5.52 Å². The Hall–Kier alpha value is -1.71. The highest BCUT2D eigenvalue weighted by Gasteiger charge is 2.07. The number of hydrogen-bond acceptors (Lipinski definition) is 3. The van der Waals surface area contributed by atoms with Crippen LogP contribution in [0.2, 0.25) is 5.15 Å². The Balaban J connectivity index is 0.00000133. The van der Waals surface area contributed by atoms with Crippen molar-refractivity contribution in [2.24, 2.45) is 0 Å². The van der Waals surface area contributed by atoms with Crippen LogP contribution < -0.4 is 0 Å². The Kier molecular flexibility index (Phi) is 3.98. The van der Waals surface area contributed by atoms with Gasteiger partial charge in [-0.25, -0.2) is 9.97 Å². The van der Waals surface area contributed by atoms with E-state index in [-0.39, 0.29) is 12.4 Å². The monoisotopic (exact) mass is 291 g/mol. The Morgan fingerprint density at radius 2 is 1.95 bits per heavy atom. The number of nitrogens with zero attached hydrogens (tertiary/aromatic N) is 3. The van der Waals surface area contributed by atoms with Gasteiger partial charge in [-0.15, -0.1) is 12.4 Å². The maximum absolute atomic E-state index is 6.21. The third kappa shape index (κ3) is 2.67. The first-order valence-corrected chi connectivity index (χ1v) is 5.96. The molecule has 0 atom stereocenters. The largest absolute Gasteiger partial charge is 0.264 e. The van der Waals surface area contributed by atoms with Gasteiger partial charge in [-0.3, -0.25) is 4.98 Å². The number of aromatic nitrogens is 3. The molecular weight excluding hydrogens is 281 g/mol. The minimum Gasteiger partial charge on any atom is -0.264 e. The molecule has 3 nitrogen and oxygen atoms in total. The van der Waals surface area contributed by atoms with Gasteiger partial charge in [-0.1, -0.05) is 23.2 Å². The molecule has 0 spiro atoms. The van der Waals surface area contributed by atoms with Crippen molar-refractivity contribution in [2.45, 2.75) is 6.92 Å². The average molecular weight is 292 g/mol. The van der Waals surface area contributed by atoms with Crippen LogP contribution in [0.1, 0.15) is 5.56 Å². The number of fused-ring (bicyclic) bond motifs is 1. The molecule has 19 heavy (non-hydrogen) atoms. The van der Waals surface area contributed by atoms with E-state index in [1.165, 1.54) is 0 Å². The summed E-state index contributed by atoms with van der Waals surface area (Å²) in [6.45, 7) is 2.02. The minimum atomic E-state index is 0. The molecule has 96 valence electrons. The molecular formula is C14H11Cl2N3. The standard InChI is InChI=1S/C14H10ClN3.ClH/c1-9-4-5-12-11(7-9)13(15)18-14(17-12)10-3-2-6-16-8-10;/h2-8H,1H3;1H. The van der Waals surface area contributed by atoms with E-state index in [2.05, 4.69) is 15.0 Å². The highest BCUT2D eigenvalue weighted by Crippen LogP contribution is 2.25. The van der Waals surface area contributed by atoms with Crippen molar-refractivity contribution >= 4 is 34.9 Å². The van der Waals surface area contributed by atoms with E-state index in [1.807, 2.05) is 37.3 Å². The lowest BCUT2D eigenvalue weighted by Gasteiger charge is -2.04. The van der Waals surface area contributed by atoms with E-state index in [9.17, 15) is 0 Å². The molecule has 0 N–H and O–H groups in total. The van der Waals surface area contributed by atoms with Gasteiger partial charge < -0.3 is 0 Å². The lowest BCUT2D eigenvalue weighted by atomic mass is 10.1. The van der Waals surface area contributed by atoms with Crippen LogP contribution in [-0.2, 0) is 0 Å². The molecule has 0 saturated heterocycles. The van der Waals surface area contributed by atoms with E-state index >= 15 is 0 Å². The third-order valence-corrected chi connectivity index (χ3v) is 3.01. The molecule has 3 aromatic rings. The molecule has 0 unspecified atom stereocenters. The summed E-state index contributed by atoms with van der Waals surface area (Å²) in [6.07, 6.45) is 3.45. The van der Waals surface area contributed by atoms with E-state index < -0.39 is 0 Å². The van der Waals surface area contributed by atoms with Gasteiger partial charge in [0.15, 0.2) is 5.82 Å². The molecule has 2 heterocycles. The van der Waals surface area contributed by atoms with Gasteiger partial charge >= 0.3 is 0 Å². The van der Waals surface area contributed by atoms with Gasteiger partial charge in [0, 0.05) is 23.3 Å². The molecule has 3 rings (SSSR count). The second kappa shape index (κ2) is 5.51. The van der Waals surface area contributed by atoms with Crippen LogP contribution in [0.4, 0.5) is 0 Å². The molecule has 0 saturated carbocycles. The van der Waals surface area contributed by atoms with Gasteiger partial charge in [0.1, 0.15) is 5.15 Å². The smallest absolute Gasteiger partial charge is 0.163 e. The lowest BCUT2D eigenvalue weighted by Crippen LogP contribution is -1.92. The van der Waals surface area contributed by atoms with E-state index in [0.29, 0.717) is 11.0 Å². The molecule has 2 aromatic heterocycles. The zero-order valence-electron chi connectivity index (χ0n) is 10.2. The molecule has 0 amide bonds. The lowest BCUT2D eigenvalue weighted by molar-refractivity contribution is 1.20. The van der Waals surface area contributed by atoms with Crippen LogP contribution in [0.3, 0.4) is 0 Å². The van der Waals surface area contributed by atoms with Crippen LogP contribution >= 0.6 is 24.0 Å². The fourth-order valence-corrected chi connectivity index (χ4v) is 2.06. The minimum absolute atomic E-state index is 0. The third-order valence-electron chi connectivity index (χ3n) is 2.72. The Bertz CT molecular complexity index is 714. The maximum atomic E-state index is 6.21. The Morgan fingerprint density at radius 1 is 1.11 bits per heavy atom. The predicted molar refractivity (Wildman–Crippen MR) is 79.8 cm³/mol. The summed E-state index contributed by atoms with van der Waals surface area (Å²) in [4.78, 5) is 12.9. The molecule has 1 aromatic carbocycles. The molecule has 0 aliphatic rings. The summed E-state index contributed by atoms with van der Waals surface area (Å²) in [5.74, 6) is 0.601. The Labute approximate surface area is 122 Å². The summed E-state index contributed by atoms with van der Waals surface area (Å²) < 4.78 is 0. The van der Waals surface area contributed by atoms with Gasteiger partial charge in [-0.2, -0.15) is 0 Å². The molecule has 0 aliphatic carbocycles. The summed E-state index contributed by atoms with van der Waals surface area (Å²) in [5, 5.41) is 1.35. The quantitative estimate of drug-likeness (QED) is 0.634. The zero-order valence-corrected chi connectivity index (χ0v) is 11.7. The van der Waals surface area contributed by atoms with Gasteiger partial charge in [0.25, 0.3) is 0 Å².